The number of hydrogen-bond acceptors (Lipinski definition) is 6. The Balaban J connectivity index is 1.53. The van der Waals surface area contributed by atoms with E-state index in [-0.39, 0.29) is 23.9 Å². The monoisotopic (exact) mass is 480 g/mol. The maximum atomic E-state index is 13.1. The quantitative estimate of drug-likeness (QED) is 0.515. The number of halogens is 1. The van der Waals surface area contributed by atoms with Gasteiger partial charge in [-0.25, -0.2) is 9.37 Å². The van der Waals surface area contributed by atoms with E-state index < -0.39 is 17.2 Å². The number of methoxy groups -OCH3 is 1. The SMILES string of the molecule is COC[C@@H]1CCCN1Cc1ccc(-c2nc(C(=O)NCc3ccc(F)cc3)c(O)c(=O)n2C)cc1. The summed E-state index contributed by atoms with van der Waals surface area (Å²) in [7, 11) is 3.22. The molecule has 0 unspecified atom stereocenters. The van der Waals surface area contributed by atoms with Gasteiger partial charge in [0.25, 0.3) is 11.5 Å². The fraction of sp³-hybridized carbons (Fsp3) is 0.346. The molecule has 184 valence electrons. The molecule has 1 fully saturated rings. The van der Waals surface area contributed by atoms with E-state index >= 15 is 0 Å². The highest BCUT2D eigenvalue weighted by molar-refractivity contribution is 5.95. The highest BCUT2D eigenvalue weighted by Gasteiger charge is 2.24. The van der Waals surface area contributed by atoms with Gasteiger partial charge in [-0.3, -0.25) is 19.1 Å². The van der Waals surface area contributed by atoms with Crippen molar-refractivity contribution in [3.05, 3.63) is 81.5 Å². The van der Waals surface area contributed by atoms with Crippen molar-refractivity contribution in [3.63, 3.8) is 0 Å². The minimum absolute atomic E-state index is 0.0973. The molecule has 0 spiro atoms. The molecule has 9 heteroatoms. The van der Waals surface area contributed by atoms with Crippen LogP contribution in [0.4, 0.5) is 4.39 Å². The molecule has 2 heterocycles. The lowest BCUT2D eigenvalue weighted by atomic mass is 10.1. The number of nitrogens with one attached hydrogen (secondary N) is 1. The molecule has 1 amide bonds. The molecule has 1 atom stereocenters. The van der Waals surface area contributed by atoms with Crippen molar-refractivity contribution in [1.82, 2.24) is 19.8 Å². The molecule has 0 aliphatic carbocycles. The van der Waals surface area contributed by atoms with E-state index in [2.05, 4.69) is 15.2 Å². The molecule has 4 rings (SSSR count). The van der Waals surface area contributed by atoms with Crippen molar-refractivity contribution in [1.29, 1.82) is 0 Å². The van der Waals surface area contributed by atoms with Gasteiger partial charge in [-0.05, 0) is 42.6 Å². The molecule has 0 radical (unpaired) electrons. The van der Waals surface area contributed by atoms with Gasteiger partial charge in [0.1, 0.15) is 11.6 Å². The van der Waals surface area contributed by atoms with Crippen LogP contribution in [0.3, 0.4) is 0 Å². The minimum atomic E-state index is -0.720. The highest BCUT2D eigenvalue weighted by Crippen LogP contribution is 2.23. The van der Waals surface area contributed by atoms with Gasteiger partial charge in [0.05, 0.1) is 6.61 Å². The Morgan fingerprint density at radius 3 is 2.54 bits per heavy atom. The zero-order valence-corrected chi connectivity index (χ0v) is 19.8. The number of benzene rings is 2. The van der Waals surface area contributed by atoms with Gasteiger partial charge < -0.3 is 15.2 Å². The number of ether oxygens (including phenoxy) is 1. The Labute approximate surface area is 203 Å². The van der Waals surface area contributed by atoms with Crippen LogP contribution in [0.25, 0.3) is 11.4 Å². The topological polar surface area (TPSA) is 96.7 Å². The molecule has 0 saturated carbocycles. The second kappa shape index (κ2) is 10.8. The van der Waals surface area contributed by atoms with E-state index in [1.807, 2.05) is 24.3 Å². The third-order valence-electron chi connectivity index (χ3n) is 6.30. The van der Waals surface area contributed by atoms with Crippen LogP contribution in [0.15, 0.2) is 53.3 Å². The molecular weight excluding hydrogens is 451 g/mol. The van der Waals surface area contributed by atoms with Crippen LogP contribution in [0, 0.1) is 5.82 Å². The Morgan fingerprint density at radius 1 is 1.17 bits per heavy atom. The van der Waals surface area contributed by atoms with Crippen LogP contribution < -0.4 is 10.9 Å². The van der Waals surface area contributed by atoms with E-state index in [0.717, 1.165) is 31.5 Å². The summed E-state index contributed by atoms with van der Waals surface area (Å²) in [4.78, 5) is 32.1. The lowest BCUT2D eigenvalue weighted by Crippen LogP contribution is -2.32. The van der Waals surface area contributed by atoms with Crippen molar-refractivity contribution in [2.24, 2.45) is 7.05 Å². The summed E-state index contributed by atoms with van der Waals surface area (Å²) in [5.41, 5.74) is 1.37. The van der Waals surface area contributed by atoms with Crippen LogP contribution in [-0.2, 0) is 24.9 Å². The number of aromatic nitrogens is 2. The molecule has 2 N–H and O–H groups in total. The summed E-state index contributed by atoms with van der Waals surface area (Å²) in [6.45, 7) is 2.64. The average Bonchev–Trinajstić information content (AvgIpc) is 3.29. The second-order valence-corrected chi connectivity index (χ2v) is 8.72. The number of rotatable bonds is 8. The summed E-state index contributed by atoms with van der Waals surface area (Å²) < 4.78 is 19.6. The van der Waals surface area contributed by atoms with Crippen molar-refractivity contribution in [2.45, 2.75) is 32.0 Å². The maximum Gasteiger partial charge on any atom is 0.296 e. The van der Waals surface area contributed by atoms with Gasteiger partial charge in [0, 0.05) is 38.9 Å². The van der Waals surface area contributed by atoms with Crippen LogP contribution in [0.5, 0.6) is 5.75 Å². The Kier molecular flexibility index (Phi) is 7.57. The van der Waals surface area contributed by atoms with E-state index in [9.17, 15) is 19.1 Å². The number of aromatic hydroxyl groups is 1. The number of hydrogen-bond donors (Lipinski definition) is 2. The summed E-state index contributed by atoms with van der Waals surface area (Å²) in [5, 5.41) is 12.9. The third kappa shape index (κ3) is 5.58. The molecular formula is C26H29FN4O4. The average molecular weight is 481 g/mol. The van der Waals surface area contributed by atoms with Crippen molar-refractivity contribution in [2.75, 3.05) is 20.3 Å². The minimum Gasteiger partial charge on any atom is -0.501 e. The first-order valence-electron chi connectivity index (χ1n) is 11.5. The van der Waals surface area contributed by atoms with Crippen molar-refractivity contribution >= 4 is 5.91 Å². The van der Waals surface area contributed by atoms with Crippen molar-refractivity contribution < 1.29 is 19.0 Å². The Morgan fingerprint density at radius 2 is 1.86 bits per heavy atom. The van der Waals surface area contributed by atoms with E-state index in [4.69, 9.17) is 4.74 Å². The molecule has 2 aromatic carbocycles. The molecule has 0 bridgehead atoms. The van der Waals surface area contributed by atoms with Gasteiger partial charge in [-0.15, -0.1) is 0 Å². The van der Waals surface area contributed by atoms with Gasteiger partial charge in [-0.2, -0.15) is 0 Å². The Hall–Kier alpha value is -3.56. The van der Waals surface area contributed by atoms with E-state index in [1.54, 1.807) is 19.2 Å². The third-order valence-corrected chi connectivity index (χ3v) is 6.30. The molecule has 1 aliphatic heterocycles. The predicted molar refractivity (Wildman–Crippen MR) is 129 cm³/mol. The number of nitrogens with zero attached hydrogens (tertiary/aromatic N) is 3. The molecule has 1 aromatic heterocycles. The van der Waals surface area contributed by atoms with E-state index in [1.165, 1.54) is 23.7 Å². The van der Waals surface area contributed by atoms with Gasteiger partial charge >= 0.3 is 0 Å². The second-order valence-electron chi connectivity index (χ2n) is 8.72. The smallest absolute Gasteiger partial charge is 0.296 e. The normalized spacial score (nSPS) is 15.9. The van der Waals surface area contributed by atoms with Crippen LogP contribution in [0.2, 0.25) is 0 Å². The summed E-state index contributed by atoms with van der Waals surface area (Å²) in [6, 6.07) is 13.7. The van der Waals surface area contributed by atoms with Crippen LogP contribution in [-0.4, -0.2) is 51.8 Å². The fourth-order valence-electron chi connectivity index (χ4n) is 4.35. The molecule has 3 aromatic rings. The number of carbonyl (C=O) groups excluding carboxylic acids is 1. The first-order chi connectivity index (χ1) is 16.9. The zero-order chi connectivity index (χ0) is 24.9. The Bertz CT molecular complexity index is 1240. The first kappa shape index (κ1) is 24.6. The van der Waals surface area contributed by atoms with Crippen molar-refractivity contribution in [3.8, 4) is 17.1 Å². The van der Waals surface area contributed by atoms with E-state index in [0.29, 0.717) is 23.8 Å². The summed E-state index contributed by atoms with van der Waals surface area (Å²) in [5.74, 6) is -1.52. The number of amides is 1. The van der Waals surface area contributed by atoms with Gasteiger partial charge in [-0.1, -0.05) is 36.4 Å². The predicted octanol–water partition coefficient (Wildman–Crippen LogP) is 2.83. The molecule has 1 aliphatic rings. The van der Waals surface area contributed by atoms with Crippen LogP contribution >= 0.6 is 0 Å². The zero-order valence-electron chi connectivity index (χ0n) is 19.8. The molecule has 35 heavy (non-hydrogen) atoms. The molecule has 1 saturated heterocycles. The lowest BCUT2D eigenvalue weighted by molar-refractivity contribution is 0.0942. The largest absolute Gasteiger partial charge is 0.501 e. The number of carbonyl (C=O) groups is 1. The highest BCUT2D eigenvalue weighted by atomic mass is 19.1. The summed E-state index contributed by atoms with van der Waals surface area (Å²) >= 11 is 0. The first-order valence-corrected chi connectivity index (χ1v) is 11.5. The fourth-order valence-corrected chi connectivity index (χ4v) is 4.35. The maximum absolute atomic E-state index is 13.1. The standard InChI is InChI=1S/C26H29FN4O4/c1-30-24(19-9-5-18(6-10-19)15-31-13-3-4-21(31)16-35-2)29-22(23(32)26(30)34)25(33)28-14-17-7-11-20(27)12-8-17/h5-12,21,32H,3-4,13-16H2,1-2H3,(H,28,33)/t21-/m0/s1. The summed E-state index contributed by atoms with van der Waals surface area (Å²) in [6.07, 6.45) is 2.27. The number of likely N-dealkylation sites (tertiary alicyclic amines) is 1. The van der Waals surface area contributed by atoms with Crippen LogP contribution in [0.1, 0.15) is 34.5 Å². The van der Waals surface area contributed by atoms with Gasteiger partial charge in [0.15, 0.2) is 5.69 Å². The van der Waals surface area contributed by atoms with Gasteiger partial charge in [0.2, 0.25) is 5.75 Å². The lowest BCUT2D eigenvalue weighted by Gasteiger charge is -2.23. The molecule has 8 nitrogen and oxygen atoms in total.